The number of phenols is 4. The summed E-state index contributed by atoms with van der Waals surface area (Å²) in [6, 6.07) is 34.0. The van der Waals surface area contributed by atoms with Crippen LogP contribution in [0.25, 0.3) is 61.6 Å². The van der Waals surface area contributed by atoms with Crippen LogP contribution in [0.3, 0.4) is 0 Å². The Bertz CT molecular complexity index is 4570. The number of aryl methyl sites for hydroxylation is 3. The molecule has 12 rings (SSSR count). The van der Waals surface area contributed by atoms with Crippen molar-refractivity contribution >= 4 is 94.9 Å². The van der Waals surface area contributed by atoms with E-state index < -0.39 is 67.7 Å². The molecule has 0 saturated heterocycles. The minimum atomic E-state index is -5.70. The van der Waals surface area contributed by atoms with E-state index in [-0.39, 0.29) is 35.7 Å². The number of aromatic nitrogens is 5. The lowest BCUT2D eigenvalue weighted by Crippen LogP contribution is -2.37. The summed E-state index contributed by atoms with van der Waals surface area (Å²) < 4.78 is 158. The molecule has 0 atom stereocenters. The van der Waals surface area contributed by atoms with Gasteiger partial charge in [0.15, 0.2) is 88.2 Å². The summed E-state index contributed by atoms with van der Waals surface area (Å²) >= 11 is 0. The minimum Gasteiger partial charge on any atom is -0.506 e. The van der Waals surface area contributed by atoms with Gasteiger partial charge in [-0.15, -0.1) is 0 Å². The highest BCUT2D eigenvalue weighted by Gasteiger charge is 2.49. The van der Waals surface area contributed by atoms with Crippen LogP contribution in [-0.4, -0.2) is 101 Å². The fourth-order valence-corrected chi connectivity index (χ4v) is 8.04. The van der Waals surface area contributed by atoms with Gasteiger partial charge in [0.1, 0.15) is 28.0 Å². The van der Waals surface area contributed by atoms with Gasteiger partial charge in [-0.25, -0.2) is 24.9 Å². The number of benzene rings is 7. The van der Waals surface area contributed by atoms with Crippen molar-refractivity contribution in [2.75, 3.05) is 18.8 Å². The summed E-state index contributed by atoms with van der Waals surface area (Å²) in [7, 11) is -5.70. The fraction of sp³-hybridized carbons (Fsp3) is 0.150. The Hall–Kier alpha value is -11.9. The number of phenolic OH excluding ortho intramolecular Hbond substituents is 4. The first-order valence-electron chi connectivity index (χ1n) is 26.7. The number of nitrogens with zero attached hydrogens (tertiary/aromatic N) is 6. The number of fused-ring (bicyclic) bond motifs is 5. The van der Waals surface area contributed by atoms with Gasteiger partial charge in [0.05, 0.1) is 10.6 Å². The van der Waals surface area contributed by atoms with E-state index >= 15 is 0 Å². The lowest BCUT2D eigenvalue weighted by Gasteiger charge is -2.09. The first-order valence-corrected chi connectivity index (χ1v) is 28.1. The molecule has 0 aliphatic heterocycles. The predicted octanol–water partition coefficient (Wildman–Crippen LogP) is 13.0. The number of halogens is 9. The van der Waals surface area contributed by atoms with Gasteiger partial charge in [-0.2, -0.15) is 47.9 Å². The Balaban J connectivity index is 0.000000179. The van der Waals surface area contributed by atoms with Crippen LogP contribution in [0.15, 0.2) is 188 Å². The number of carbonyl (C=O) groups is 2. The molecule has 7 aromatic carbocycles. The Labute approximate surface area is 527 Å². The van der Waals surface area contributed by atoms with E-state index in [0.29, 0.717) is 57.4 Å². The van der Waals surface area contributed by atoms with Crippen LogP contribution >= 0.6 is 0 Å². The van der Waals surface area contributed by atoms with Crippen LogP contribution in [-0.2, 0) is 26.1 Å². The molecular weight excluding hydrogens is 1310 g/mol. The number of nitrogens with one attached hydrogen (secondary N) is 2. The van der Waals surface area contributed by atoms with E-state index in [4.69, 9.17) is 48.2 Å². The molecule has 35 heteroatoms. The van der Waals surface area contributed by atoms with Crippen molar-refractivity contribution in [1.29, 1.82) is 0 Å². The zero-order chi connectivity index (χ0) is 69.7. The lowest BCUT2D eigenvalue weighted by atomic mass is 10.1. The third kappa shape index (κ3) is 20.5. The molecule has 12 aromatic rings. The van der Waals surface area contributed by atoms with E-state index in [0.717, 1.165) is 52.4 Å². The second-order valence-corrected chi connectivity index (χ2v) is 20.3. The number of nitro groups is 1. The summed E-state index contributed by atoms with van der Waals surface area (Å²) in [5.74, 6) is -5.15. The smallest absolute Gasteiger partial charge is 0.506 e. The number of nitrogen functional groups attached to an aromatic ring is 1. The predicted molar refractivity (Wildman–Crippen MR) is 321 cm³/mol. The summed E-state index contributed by atoms with van der Waals surface area (Å²) in [5.41, 5.74) is 8.92. The summed E-state index contributed by atoms with van der Waals surface area (Å²) in [6.07, 6.45) is 0.559. The molecule has 95 heavy (non-hydrogen) atoms. The lowest BCUT2D eigenvalue weighted by molar-refractivity contribution is -0.386. The second-order valence-electron chi connectivity index (χ2n) is 18.7. The van der Waals surface area contributed by atoms with Gasteiger partial charge in [-0.3, -0.25) is 19.7 Å². The van der Waals surface area contributed by atoms with E-state index in [2.05, 4.69) is 29.1 Å². The van der Waals surface area contributed by atoms with Crippen LogP contribution in [0.1, 0.15) is 28.7 Å². The van der Waals surface area contributed by atoms with Crippen molar-refractivity contribution in [2.24, 2.45) is 0 Å². The first kappa shape index (κ1) is 72.2. The number of anilines is 1. The number of rotatable bonds is 10. The first-order chi connectivity index (χ1) is 44.9. The SMILES string of the molecule is Cc1cccc(O)c1N.Cc1cccc2ocnc12.O=C(NC/C=C\c1cccc2ocnc12)C(F)(F)F.O=C(NCCCc1cccc2ocnc12)C(F)(F)F.O=S(=O)(Oc1cccc2ocnc12)C(F)(F)F.O=[N+]([O-])c1c(O)cccc1O.Oc1cccc2ocnc12. The number of nitrogens with two attached hydrogens (primary N) is 1. The Morgan fingerprint density at radius 1 is 0.558 bits per heavy atom. The third-order valence-electron chi connectivity index (χ3n) is 12.1. The fourth-order valence-electron chi connectivity index (χ4n) is 7.57. The topological polar surface area (TPSA) is 382 Å². The molecule has 0 aliphatic carbocycles. The van der Waals surface area contributed by atoms with Crippen LogP contribution in [0.5, 0.6) is 28.7 Å². The van der Waals surface area contributed by atoms with Crippen LogP contribution in [0.2, 0.25) is 0 Å². The molecule has 0 aliphatic rings. The van der Waals surface area contributed by atoms with Gasteiger partial charge in [0.2, 0.25) is 0 Å². The number of aromatic hydroxyl groups is 4. The number of amides is 2. The summed E-state index contributed by atoms with van der Waals surface area (Å²) in [6.45, 7) is 3.62. The van der Waals surface area contributed by atoms with Crippen LogP contribution in [0.4, 0.5) is 50.9 Å². The summed E-state index contributed by atoms with van der Waals surface area (Å²) in [4.78, 5) is 49.9. The van der Waals surface area contributed by atoms with Crippen LogP contribution in [0, 0.1) is 24.0 Å². The molecule has 0 bridgehead atoms. The average Bonchev–Trinajstić information content (AvgIpc) is 1.87. The highest BCUT2D eigenvalue weighted by atomic mass is 32.2. The van der Waals surface area contributed by atoms with Gasteiger partial charge < -0.3 is 63.1 Å². The average molecular weight is 1360 g/mol. The number of oxazole rings is 5. The zero-order valence-corrected chi connectivity index (χ0v) is 49.6. The Morgan fingerprint density at radius 2 is 0.979 bits per heavy atom. The van der Waals surface area contributed by atoms with E-state index in [1.807, 2.05) is 49.5 Å². The Kier molecular flexibility index (Phi) is 24.6. The number of hydrogen-bond acceptors (Lipinski definition) is 22. The van der Waals surface area contributed by atoms with Gasteiger partial charge in [0, 0.05) is 18.7 Å². The highest BCUT2D eigenvalue weighted by Crippen LogP contribution is 2.35. The maximum Gasteiger partial charge on any atom is 0.534 e. The number of para-hydroxylation sites is 7. The molecule has 500 valence electrons. The normalized spacial score (nSPS) is 11.3. The van der Waals surface area contributed by atoms with Crippen molar-refractivity contribution in [2.45, 2.75) is 44.6 Å². The van der Waals surface area contributed by atoms with Crippen molar-refractivity contribution in [1.82, 2.24) is 35.6 Å². The summed E-state index contributed by atoms with van der Waals surface area (Å²) in [5, 5.41) is 49.5. The highest BCUT2D eigenvalue weighted by molar-refractivity contribution is 7.88. The minimum absolute atomic E-state index is 0.0351. The van der Waals surface area contributed by atoms with Gasteiger partial charge >= 0.3 is 45.5 Å². The molecule has 5 heterocycles. The maximum absolute atomic E-state index is 12.1. The van der Waals surface area contributed by atoms with Crippen LogP contribution < -0.4 is 20.6 Å². The molecule has 25 nitrogen and oxygen atoms in total. The van der Waals surface area contributed by atoms with E-state index in [9.17, 15) is 67.6 Å². The molecule has 0 fully saturated rings. The largest absolute Gasteiger partial charge is 0.534 e. The zero-order valence-electron chi connectivity index (χ0n) is 48.8. The standard InChI is InChI=1S/C12H11F3N2O2.C12H9F3N2O2.C8H4F3NO4S.C8H7NO.C7H5NO2.C7H9NO.C6H5NO4/c2*13-12(14,15)11(18)16-6-2-4-8-3-1-5-9-10(8)17-7-19-9;9-8(10,11)17(13,14)16-6-3-1-2-5-7(6)12-4-15-5;1-6-3-2-4-7-8(6)9-5-10-7;9-5-2-1-3-6-7(5)8-4-10-6;1-5-3-2-4-6(9)7(5)8;8-4-2-1-3-5(9)6(4)7(10)11/h1,3,5,7H,2,4,6H2,(H,16,18);1-5,7H,6H2,(H,16,18);1-4H;2-5H,1H3;1-4,9H;2-4,9H,8H2,1H3;1-3,8-9H/b;4-2-;;;;;. The van der Waals surface area contributed by atoms with Gasteiger partial charge in [-0.1, -0.05) is 78.9 Å². The molecule has 2 amide bonds. The quantitative estimate of drug-likeness (QED) is 0.00977. The molecule has 8 N–H and O–H groups in total. The van der Waals surface area contributed by atoms with Gasteiger partial charge in [-0.05, 0) is 104 Å². The van der Waals surface area contributed by atoms with E-state index in [1.54, 1.807) is 72.1 Å². The van der Waals surface area contributed by atoms with Crippen molar-refractivity contribution in [3.63, 3.8) is 0 Å². The third-order valence-corrected chi connectivity index (χ3v) is 13.1. The molecule has 5 aromatic heterocycles. The van der Waals surface area contributed by atoms with Crippen molar-refractivity contribution in [3.05, 3.63) is 198 Å². The maximum atomic E-state index is 12.1. The monoisotopic (exact) mass is 1360 g/mol. The van der Waals surface area contributed by atoms with Gasteiger partial charge in [0.25, 0.3) is 0 Å². The molecule has 0 unspecified atom stereocenters. The molecule has 0 radical (unpaired) electrons. The molecule has 0 saturated carbocycles. The number of hydrogen-bond donors (Lipinski definition) is 7. The number of carbonyl (C=O) groups excluding carboxylic acids is 2. The molecule has 0 spiro atoms. The molecular formula is C60H50F9N9O16S. The Morgan fingerprint density at radius 3 is 1.51 bits per heavy atom. The van der Waals surface area contributed by atoms with Crippen molar-refractivity contribution in [3.8, 4) is 28.7 Å². The number of nitro benzene ring substituents is 1. The van der Waals surface area contributed by atoms with E-state index in [1.165, 1.54) is 49.8 Å². The second kappa shape index (κ2) is 32.4. The number of alkyl halides is 9. The van der Waals surface area contributed by atoms with Crippen molar-refractivity contribution < 1.29 is 109 Å².